The highest BCUT2D eigenvalue weighted by molar-refractivity contribution is 7.89. The second kappa shape index (κ2) is 9.77. The Hall–Kier alpha value is -3.15. The zero-order chi connectivity index (χ0) is 23.4. The first-order valence-corrected chi connectivity index (χ1v) is 11.6. The van der Waals surface area contributed by atoms with Gasteiger partial charge in [0, 0.05) is 19.2 Å². The van der Waals surface area contributed by atoms with E-state index < -0.39 is 29.1 Å². The lowest BCUT2D eigenvalue weighted by atomic mass is 10.2. The molecule has 1 saturated heterocycles. The molecule has 1 fully saturated rings. The van der Waals surface area contributed by atoms with Crippen LogP contribution in [-0.2, 0) is 30.9 Å². The Kier molecular flexibility index (Phi) is 6.82. The number of fused-ring (bicyclic) bond motifs is 1. The van der Waals surface area contributed by atoms with Gasteiger partial charge in [0.05, 0.1) is 29.1 Å². The van der Waals surface area contributed by atoms with Crippen molar-refractivity contribution in [2.45, 2.75) is 18.1 Å². The number of nitrogens with zero attached hydrogens (tertiary/aromatic N) is 3. The molecule has 3 aromatic rings. The zero-order valence-electron chi connectivity index (χ0n) is 17.4. The van der Waals surface area contributed by atoms with Gasteiger partial charge in [-0.15, -0.1) is 0 Å². The highest BCUT2D eigenvalue weighted by Crippen LogP contribution is 2.23. The SMILES string of the molecule is O=C(/C=C/c1ccc(S(=O)(=O)N2CCOCC2)cc1)OCc1nc2ccccc2n1C(F)F. The van der Waals surface area contributed by atoms with Crippen molar-refractivity contribution in [3.8, 4) is 0 Å². The van der Waals surface area contributed by atoms with Gasteiger partial charge in [-0.2, -0.15) is 13.1 Å². The van der Waals surface area contributed by atoms with Crippen molar-refractivity contribution < 1.29 is 31.5 Å². The summed E-state index contributed by atoms with van der Waals surface area (Å²) < 4.78 is 64.5. The molecule has 1 aliphatic rings. The molecule has 4 rings (SSSR count). The van der Waals surface area contributed by atoms with Gasteiger partial charge in [0.2, 0.25) is 10.0 Å². The van der Waals surface area contributed by atoms with E-state index in [1.807, 2.05) is 0 Å². The Morgan fingerprint density at radius 2 is 1.82 bits per heavy atom. The number of hydrogen-bond donors (Lipinski definition) is 0. The van der Waals surface area contributed by atoms with Gasteiger partial charge < -0.3 is 9.47 Å². The molecule has 0 amide bonds. The average Bonchev–Trinajstić information content (AvgIpc) is 3.21. The van der Waals surface area contributed by atoms with Crippen LogP contribution in [0.4, 0.5) is 8.78 Å². The predicted molar refractivity (Wildman–Crippen MR) is 116 cm³/mol. The number of hydrogen-bond acceptors (Lipinski definition) is 6. The molecular formula is C22H21F2N3O5S. The molecule has 2 aromatic carbocycles. The first kappa shape index (κ1) is 23.0. The van der Waals surface area contributed by atoms with Crippen LogP contribution in [0.15, 0.2) is 59.5 Å². The fourth-order valence-corrected chi connectivity index (χ4v) is 4.86. The summed E-state index contributed by atoms with van der Waals surface area (Å²) in [6.07, 6.45) is 2.59. The third-order valence-corrected chi connectivity index (χ3v) is 7.02. The Bertz CT molecular complexity index is 1270. The van der Waals surface area contributed by atoms with Crippen molar-refractivity contribution in [3.05, 3.63) is 66.0 Å². The minimum Gasteiger partial charge on any atom is -0.454 e. The summed E-state index contributed by atoms with van der Waals surface area (Å²) in [7, 11) is -3.60. The summed E-state index contributed by atoms with van der Waals surface area (Å²) in [4.78, 5) is 16.3. The van der Waals surface area contributed by atoms with E-state index in [2.05, 4.69) is 4.98 Å². The minimum atomic E-state index is -3.60. The fraction of sp³-hybridized carbons (Fsp3) is 0.273. The monoisotopic (exact) mass is 477 g/mol. The molecule has 0 radical (unpaired) electrons. The summed E-state index contributed by atoms with van der Waals surface area (Å²) in [5.74, 6) is -0.807. The lowest BCUT2D eigenvalue weighted by molar-refractivity contribution is -0.139. The molecule has 174 valence electrons. The number of alkyl halides is 2. The third kappa shape index (κ3) is 5.10. The number of halogens is 2. The van der Waals surface area contributed by atoms with Crippen LogP contribution in [0.3, 0.4) is 0 Å². The molecule has 0 aliphatic carbocycles. The molecule has 11 heteroatoms. The number of para-hydroxylation sites is 2. The third-order valence-electron chi connectivity index (χ3n) is 5.11. The van der Waals surface area contributed by atoms with Crippen LogP contribution in [0.1, 0.15) is 17.9 Å². The maximum absolute atomic E-state index is 13.4. The molecule has 1 aliphatic heterocycles. The van der Waals surface area contributed by atoms with Crippen molar-refractivity contribution in [1.82, 2.24) is 13.9 Å². The van der Waals surface area contributed by atoms with Crippen LogP contribution in [0.5, 0.6) is 0 Å². The van der Waals surface area contributed by atoms with Crippen LogP contribution < -0.4 is 0 Å². The van der Waals surface area contributed by atoms with E-state index in [0.717, 1.165) is 10.6 Å². The number of carbonyl (C=O) groups is 1. The maximum Gasteiger partial charge on any atom is 0.331 e. The standard InChI is InChI=1S/C22H21F2N3O5S/c23-22(24)27-19-4-2-1-3-18(19)25-20(27)15-32-21(28)10-7-16-5-8-17(9-6-16)33(29,30)26-11-13-31-14-12-26/h1-10,22H,11-15H2/b10-7+. The van der Waals surface area contributed by atoms with Gasteiger partial charge in [0.25, 0.3) is 0 Å². The van der Waals surface area contributed by atoms with E-state index in [9.17, 15) is 22.0 Å². The summed E-state index contributed by atoms with van der Waals surface area (Å²) in [5, 5.41) is 0. The second-order valence-corrected chi connectivity index (χ2v) is 9.13. The molecule has 0 bridgehead atoms. The topological polar surface area (TPSA) is 90.7 Å². The summed E-state index contributed by atoms with van der Waals surface area (Å²) >= 11 is 0. The first-order valence-electron chi connectivity index (χ1n) is 10.1. The normalized spacial score (nSPS) is 15.5. The van der Waals surface area contributed by atoms with E-state index in [0.29, 0.717) is 37.4 Å². The Balaban J connectivity index is 1.39. The predicted octanol–water partition coefficient (Wildman–Crippen LogP) is 3.21. The van der Waals surface area contributed by atoms with Gasteiger partial charge in [0.15, 0.2) is 5.82 Å². The van der Waals surface area contributed by atoms with Gasteiger partial charge in [-0.3, -0.25) is 4.57 Å². The number of sulfonamides is 1. The number of aromatic nitrogens is 2. The molecule has 0 spiro atoms. The Morgan fingerprint density at radius 3 is 2.52 bits per heavy atom. The van der Waals surface area contributed by atoms with Gasteiger partial charge in [-0.1, -0.05) is 24.3 Å². The van der Waals surface area contributed by atoms with E-state index in [4.69, 9.17) is 9.47 Å². The highest BCUT2D eigenvalue weighted by atomic mass is 32.2. The molecule has 8 nitrogen and oxygen atoms in total. The number of rotatable bonds is 7. The summed E-state index contributed by atoms with van der Waals surface area (Å²) in [5.41, 5.74) is 1.21. The summed E-state index contributed by atoms with van der Waals surface area (Å²) in [6.45, 7) is -1.93. The van der Waals surface area contributed by atoms with Crippen molar-refractivity contribution in [1.29, 1.82) is 0 Å². The number of imidazole rings is 1. The largest absolute Gasteiger partial charge is 0.454 e. The summed E-state index contributed by atoms with van der Waals surface area (Å²) in [6, 6.07) is 12.5. The quantitative estimate of drug-likeness (QED) is 0.384. The highest BCUT2D eigenvalue weighted by Gasteiger charge is 2.26. The fourth-order valence-electron chi connectivity index (χ4n) is 3.45. The molecule has 0 atom stereocenters. The van der Waals surface area contributed by atoms with Gasteiger partial charge in [0.1, 0.15) is 6.61 Å². The number of carbonyl (C=O) groups excluding carboxylic acids is 1. The Labute approximate surface area is 189 Å². The number of esters is 1. The number of benzene rings is 2. The first-order chi connectivity index (χ1) is 15.9. The van der Waals surface area contributed by atoms with Crippen LogP contribution in [0, 0.1) is 0 Å². The van der Waals surface area contributed by atoms with Gasteiger partial charge >= 0.3 is 12.5 Å². The van der Waals surface area contributed by atoms with Crippen molar-refractivity contribution in [2.75, 3.05) is 26.3 Å². The molecule has 33 heavy (non-hydrogen) atoms. The van der Waals surface area contributed by atoms with Gasteiger partial charge in [-0.25, -0.2) is 18.2 Å². The zero-order valence-corrected chi connectivity index (χ0v) is 18.2. The molecule has 0 unspecified atom stereocenters. The smallest absolute Gasteiger partial charge is 0.331 e. The van der Waals surface area contributed by atoms with Gasteiger partial charge in [-0.05, 0) is 35.9 Å². The molecule has 1 aromatic heterocycles. The van der Waals surface area contributed by atoms with Crippen LogP contribution in [0.2, 0.25) is 0 Å². The average molecular weight is 477 g/mol. The van der Waals surface area contributed by atoms with Crippen molar-refractivity contribution in [3.63, 3.8) is 0 Å². The van der Waals surface area contributed by atoms with E-state index in [-0.39, 0.29) is 16.2 Å². The van der Waals surface area contributed by atoms with Crippen LogP contribution in [0.25, 0.3) is 17.1 Å². The van der Waals surface area contributed by atoms with Crippen LogP contribution in [-0.4, -0.2) is 54.5 Å². The Morgan fingerprint density at radius 1 is 1.12 bits per heavy atom. The number of morpholine rings is 1. The molecule has 0 saturated carbocycles. The van der Waals surface area contributed by atoms with E-state index >= 15 is 0 Å². The second-order valence-electron chi connectivity index (χ2n) is 7.19. The lowest BCUT2D eigenvalue weighted by Gasteiger charge is -2.26. The molecular weight excluding hydrogens is 456 g/mol. The van der Waals surface area contributed by atoms with Crippen LogP contribution >= 0.6 is 0 Å². The van der Waals surface area contributed by atoms with E-state index in [1.54, 1.807) is 30.3 Å². The van der Waals surface area contributed by atoms with Crippen molar-refractivity contribution >= 4 is 33.1 Å². The lowest BCUT2D eigenvalue weighted by Crippen LogP contribution is -2.40. The number of ether oxygens (including phenoxy) is 2. The minimum absolute atomic E-state index is 0.0642. The molecule has 2 heterocycles. The van der Waals surface area contributed by atoms with E-state index in [1.165, 1.54) is 28.6 Å². The van der Waals surface area contributed by atoms with Crippen molar-refractivity contribution in [2.24, 2.45) is 0 Å². The molecule has 0 N–H and O–H groups in total. The maximum atomic E-state index is 13.4.